The molecule has 5 heteroatoms. The van der Waals surface area contributed by atoms with E-state index in [2.05, 4.69) is 33.8 Å². The highest BCUT2D eigenvalue weighted by Gasteiger charge is 2.33. The molecule has 3 aromatic carbocycles. The van der Waals surface area contributed by atoms with Crippen molar-refractivity contribution in [3.63, 3.8) is 0 Å². The van der Waals surface area contributed by atoms with Crippen LogP contribution in [0.15, 0.2) is 71.8 Å². The van der Waals surface area contributed by atoms with E-state index in [0.29, 0.717) is 5.90 Å². The Morgan fingerprint density at radius 2 is 1.76 bits per heavy atom. The number of hydrogen-bond acceptors (Lipinski definition) is 3. The fourth-order valence-electron chi connectivity index (χ4n) is 2.89. The molecule has 1 aliphatic rings. The van der Waals surface area contributed by atoms with E-state index in [9.17, 15) is 4.79 Å². The average molecular weight is 442 g/mol. The SMILES string of the molecule is CC(=O)N1N=C(c2ccccc2I)O[C@@H]1c1ccc2ccccc2c1. The fraction of sp³-hybridized carbons (Fsp3) is 0.100. The van der Waals surface area contributed by atoms with Crippen molar-refractivity contribution in [2.45, 2.75) is 13.2 Å². The molecule has 4 nitrogen and oxygen atoms in total. The summed E-state index contributed by atoms with van der Waals surface area (Å²) in [5, 5.41) is 8.09. The molecular formula is C20H15IN2O2. The number of halogens is 1. The van der Waals surface area contributed by atoms with Crippen molar-refractivity contribution in [3.8, 4) is 0 Å². The number of hydrazone groups is 1. The molecule has 1 amide bonds. The minimum Gasteiger partial charge on any atom is -0.446 e. The van der Waals surface area contributed by atoms with Gasteiger partial charge in [0.1, 0.15) is 0 Å². The van der Waals surface area contributed by atoms with Crippen LogP contribution in [0.25, 0.3) is 10.8 Å². The standard InChI is InChI=1S/C20H15IN2O2/c1-13(24)23-20(16-11-10-14-6-2-3-7-15(14)12-16)25-19(22-23)17-8-4-5-9-18(17)21/h2-12,20H,1H3/t20-/m1/s1. The van der Waals surface area contributed by atoms with Gasteiger partial charge in [-0.15, -0.1) is 5.10 Å². The molecule has 4 rings (SSSR count). The van der Waals surface area contributed by atoms with Crippen molar-refractivity contribution in [2.24, 2.45) is 5.10 Å². The normalized spacial score (nSPS) is 16.6. The van der Waals surface area contributed by atoms with Gasteiger partial charge in [0.15, 0.2) is 0 Å². The molecule has 0 saturated heterocycles. The lowest BCUT2D eigenvalue weighted by molar-refractivity contribution is -0.135. The number of benzene rings is 3. The van der Waals surface area contributed by atoms with Crippen LogP contribution in [0, 0.1) is 3.57 Å². The van der Waals surface area contributed by atoms with Crippen LogP contribution in [0.2, 0.25) is 0 Å². The van der Waals surface area contributed by atoms with Crippen LogP contribution >= 0.6 is 22.6 Å². The molecule has 124 valence electrons. The van der Waals surface area contributed by atoms with E-state index >= 15 is 0 Å². The molecule has 0 saturated carbocycles. The Labute approximate surface area is 159 Å². The summed E-state index contributed by atoms with van der Waals surface area (Å²) in [6.07, 6.45) is -0.548. The quantitative estimate of drug-likeness (QED) is 0.541. The summed E-state index contributed by atoms with van der Waals surface area (Å²) in [6, 6.07) is 22.0. The molecule has 25 heavy (non-hydrogen) atoms. The molecular weight excluding hydrogens is 427 g/mol. The first-order chi connectivity index (χ1) is 12.1. The van der Waals surface area contributed by atoms with Crippen LogP contribution in [-0.2, 0) is 9.53 Å². The van der Waals surface area contributed by atoms with Crippen LogP contribution in [0.3, 0.4) is 0 Å². The summed E-state index contributed by atoms with van der Waals surface area (Å²) in [5.74, 6) is 0.317. The smallest absolute Gasteiger partial charge is 0.243 e. The van der Waals surface area contributed by atoms with Crippen molar-refractivity contribution in [3.05, 3.63) is 81.4 Å². The number of nitrogens with zero attached hydrogens (tertiary/aromatic N) is 2. The van der Waals surface area contributed by atoms with Crippen LogP contribution in [0.4, 0.5) is 0 Å². The lowest BCUT2D eigenvalue weighted by Gasteiger charge is -2.19. The van der Waals surface area contributed by atoms with E-state index in [1.807, 2.05) is 60.7 Å². The maximum Gasteiger partial charge on any atom is 0.243 e. The van der Waals surface area contributed by atoms with Gasteiger partial charge in [0.2, 0.25) is 18.0 Å². The Bertz CT molecular complexity index is 1000. The molecule has 3 aromatic rings. The van der Waals surface area contributed by atoms with Crippen LogP contribution in [-0.4, -0.2) is 16.8 Å². The molecule has 0 N–H and O–H groups in total. The van der Waals surface area contributed by atoms with Crippen molar-refractivity contribution >= 4 is 45.2 Å². The lowest BCUT2D eigenvalue weighted by Crippen LogP contribution is -2.25. The zero-order valence-corrected chi connectivity index (χ0v) is 15.7. The number of fused-ring (bicyclic) bond motifs is 1. The monoisotopic (exact) mass is 442 g/mol. The third-order valence-corrected chi connectivity index (χ3v) is 5.07. The molecule has 1 aliphatic heterocycles. The summed E-state index contributed by atoms with van der Waals surface area (Å²) >= 11 is 2.24. The molecule has 0 aliphatic carbocycles. The van der Waals surface area contributed by atoms with Crippen molar-refractivity contribution in [1.82, 2.24) is 5.01 Å². The number of carbonyl (C=O) groups is 1. The predicted octanol–water partition coefficient (Wildman–Crippen LogP) is 4.68. The van der Waals surface area contributed by atoms with E-state index in [4.69, 9.17) is 4.74 Å². The van der Waals surface area contributed by atoms with Crippen LogP contribution in [0.1, 0.15) is 24.3 Å². The second-order valence-corrected chi connectivity index (χ2v) is 6.99. The van der Waals surface area contributed by atoms with Gasteiger partial charge in [-0.25, -0.2) is 0 Å². The zero-order valence-electron chi connectivity index (χ0n) is 13.5. The van der Waals surface area contributed by atoms with Gasteiger partial charge < -0.3 is 4.74 Å². The van der Waals surface area contributed by atoms with Crippen molar-refractivity contribution in [1.29, 1.82) is 0 Å². The van der Waals surface area contributed by atoms with Gasteiger partial charge in [-0.1, -0.05) is 48.5 Å². The van der Waals surface area contributed by atoms with Gasteiger partial charge in [0, 0.05) is 16.1 Å². The van der Waals surface area contributed by atoms with E-state index in [-0.39, 0.29) is 5.91 Å². The Hall–Kier alpha value is -2.41. The minimum atomic E-state index is -0.548. The minimum absolute atomic E-state index is 0.154. The molecule has 0 fully saturated rings. The van der Waals surface area contributed by atoms with E-state index in [0.717, 1.165) is 25.5 Å². The predicted molar refractivity (Wildman–Crippen MR) is 106 cm³/mol. The van der Waals surface area contributed by atoms with Gasteiger partial charge in [0.25, 0.3) is 0 Å². The number of rotatable bonds is 2. The maximum absolute atomic E-state index is 12.1. The zero-order chi connectivity index (χ0) is 17.4. The second-order valence-electron chi connectivity index (χ2n) is 5.83. The average Bonchev–Trinajstić information content (AvgIpc) is 3.07. The van der Waals surface area contributed by atoms with Crippen LogP contribution in [0.5, 0.6) is 0 Å². The number of amides is 1. The molecule has 1 atom stereocenters. The summed E-state index contributed by atoms with van der Waals surface area (Å²) in [4.78, 5) is 12.1. The first-order valence-corrected chi connectivity index (χ1v) is 9.00. The maximum atomic E-state index is 12.1. The summed E-state index contributed by atoms with van der Waals surface area (Å²) in [5.41, 5.74) is 1.79. The fourth-order valence-corrected chi connectivity index (χ4v) is 3.51. The summed E-state index contributed by atoms with van der Waals surface area (Å²) < 4.78 is 7.12. The Morgan fingerprint density at radius 3 is 2.52 bits per heavy atom. The molecule has 0 bridgehead atoms. The second kappa shape index (κ2) is 6.48. The number of hydrogen-bond donors (Lipinski definition) is 0. The molecule has 0 spiro atoms. The third kappa shape index (κ3) is 3.00. The Balaban J connectivity index is 1.74. The lowest BCUT2D eigenvalue weighted by atomic mass is 10.1. The molecule has 0 radical (unpaired) electrons. The topological polar surface area (TPSA) is 41.9 Å². The number of ether oxygens (including phenoxy) is 1. The molecule has 0 unspecified atom stereocenters. The van der Waals surface area contributed by atoms with Gasteiger partial charge in [0.05, 0.1) is 5.56 Å². The third-order valence-electron chi connectivity index (χ3n) is 4.13. The Kier molecular flexibility index (Phi) is 4.17. The van der Waals surface area contributed by atoms with Crippen molar-refractivity contribution in [2.75, 3.05) is 0 Å². The van der Waals surface area contributed by atoms with E-state index < -0.39 is 6.23 Å². The summed E-state index contributed by atoms with van der Waals surface area (Å²) in [7, 11) is 0. The van der Waals surface area contributed by atoms with Gasteiger partial charge >= 0.3 is 0 Å². The first kappa shape index (κ1) is 16.1. The first-order valence-electron chi connectivity index (χ1n) is 7.92. The van der Waals surface area contributed by atoms with Gasteiger partial charge in [-0.05, 0) is 51.6 Å². The van der Waals surface area contributed by atoms with E-state index in [1.54, 1.807) is 0 Å². The largest absolute Gasteiger partial charge is 0.446 e. The highest BCUT2D eigenvalue weighted by molar-refractivity contribution is 14.1. The van der Waals surface area contributed by atoms with Crippen molar-refractivity contribution < 1.29 is 9.53 Å². The van der Waals surface area contributed by atoms with E-state index in [1.165, 1.54) is 11.9 Å². The van der Waals surface area contributed by atoms with Gasteiger partial charge in [-0.2, -0.15) is 5.01 Å². The highest BCUT2D eigenvalue weighted by Crippen LogP contribution is 2.32. The highest BCUT2D eigenvalue weighted by atomic mass is 127. The van der Waals surface area contributed by atoms with Crippen LogP contribution < -0.4 is 0 Å². The molecule has 1 heterocycles. The van der Waals surface area contributed by atoms with Gasteiger partial charge in [-0.3, -0.25) is 4.79 Å². The summed E-state index contributed by atoms with van der Waals surface area (Å²) in [6.45, 7) is 1.50. The molecule has 0 aromatic heterocycles. The Morgan fingerprint density at radius 1 is 1.04 bits per heavy atom. The number of carbonyl (C=O) groups excluding carboxylic acids is 1.